The SMILES string of the molecule is Cc1nc2ccccc2n1CCC(=O)N[C@@H](c1ccccc1)C1CC(O)C1. The fourth-order valence-electron chi connectivity index (χ4n) is 3.97. The highest BCUT2D eigenvalue weighted by atomic mass is 16.3. The molecule has 1 fully saturated rings. The summed E-state index contributed by atoms with van der Waals surface area (Å²) >= 11 is 0. The lowest BCUT2D eigenvalue weighted by Gasteiger charge is -2.38. The van der Waals surface area contributed by atoms with Gasteiger partial charge in [-0.15, -0.1) is 0 Å². The standard InChI is InChI=1S/C22H25N3O2/c1-15-23-19-9-5-6-10-20(19)25(15)12-11-21(27)24-22(17-13-18(26)14-17)16-7-3-2-4-8-16/h2-10,17-18,22,26H,11-14H2,1H3,(H,24,27)/t17?,18?,22-/m0/s1. The van der Waals surface area contributed by atoms with Crippen LogP contribution in [0, 0.1) is 12.8 Å². The maximum atomic E-state index is 12.7. The van der Waals surface area contributed by atoms with Crippen LogP contribution in [0.15, 0.2) is 54.6 Å². The van der Waals surface area contributed by atoms with Crippen LogP contribution in [-0.2, 0) is 11.3 Å². The predicted octanol–water partition coefficient (Wildman–Crippen LogP) is 3.36. The number of imidazole rings is 1. The number of aliphatic hydroxyl groups is 1. The van der Waals surface area contributed by atoms with Gasteiger partial charge in [0.25, 0.3) is 0 Å². The van der Waals surface area contributed by atoms with E-state index in [9.17, 15) is 9.90 Å². The van der Waals surface area contributed by atoms with Crippen LogP contribution < -0.4 is 5.32 Å². The third-order valence-corrected chi connectivity index (χ3v) is 5.50. The Kier molecular flexibility index (Phi) is 4.94. The van der Waals surface area contributed by atoms with Crippen molar-refractivity contribution in [2.45, 2.75) is 44.9 Å². The molecule has 0 radical (unpaired) electrons. The number of aryl methyl sites for hydroxylation is 2. The topological polar surface area (TPSA) is 67.2 Å². The maximum Gasteiger partial charge on any atom is 0.222 e. The molecular formula is C22H25N3O2. The van der Waals surface area contributed by atoms with Gasteiger partial charge < -0.3 is 15.0 Å². The Bertz CT molecular complexity index is 929. The summed E-state index contributed by atoms with van der Waals surface area (Å²) < 4.78 is 2.10. The van der Waals surface area contributed by atoms with Crippen molar-refractivity contribution in [1.82, 2.24) is 14.9 Å². The van der Waals surface area contributed by atoms with E-state index in [1.807, 2.05) is 61.5 Å². The lowest BCUT2D eigenvalue weighted by atomic mass is 9.75. The lowest BCUT2D eigenvalue weighted by Crippen LogP contribution is -2.41. The first-order chi connectivity index (χ1) is 13.1. The second-order valence-corrected chi connectivity index (χ2v) is 7.39. The van der Waals surface area contributed by atoms with Gasteiger partial charge in [-0.05, 0) is 43.4 Å². The number of fused-ring (bicyclic) bond motifs is 1. The molecule has 3 aromatic rings. The van der Waals surface area contributed by atoms with Crippen molar-refractivity contribution in [2.24, 2.45) is 5.92 Å². The fourth-order valence-corrected chi connectivity index (χ4v) is 3.97. The number of nitrogens with zero attached hydrogens (tertiary/aromatic N) is 2. The Morgan fingerprint density at radius 2 is 1.89 bits per heavy atom. The summed E-state index contributed by atoms with van der Waals surface area (Å²) in [7, 11) is 0. The molecule has 140 valence electrons. The number of hydrogen-bond acceptors (Lipinski definition) is 3. The molecule has 1 heterocycles. The highest BCUT2D eigenvalue weighted by molar-refractivity contribution is 5.78. The summed E-state index contributed by atoms with van der Waals surface area (Å²) in [6.45, 7) is 2.58. The van der Waals surface area contributed by atoms with Crippen molar-refractivity contribution in [3.63, 3.8) is 0 Å². The van der Waals surface area contributed by atoms with Gasteiger partial charge in [-0.3, -0.25) is 4.79 Å². The molecule has 1 atom stereocenters. The van der Waals surface area contributed by atoms with E-state index in [-0.39, 0.29) is 18.1 Å². The first-order valence-electron chi connectivity index (χ1n) is 9.56. The zero-order valence-corrected chi connectivity index (χ0v) is 15.5. The Hall–Kier alpha value is -2.66. The maximum absolute atomic E-state index is 12.7. The third kappa shape index (κ3) is 3.74. The number of aliphatic hydroxyl groups excluding tert-OH is 1. The Morgan fingerprint density at radius 3 is 2.63 bits per heavy atom. The smallest absolute Gasteiger partial charge is 0.222 e. The molecule has 0 saturated heterocycles. The van der Waals surface area contributed by atoms with Gasteiger partial charge in [-0.2, -0.15) is 0 Å². The highest BCUT2D eigenvalue weighted by Crippen LogP contribution is 2.38. The van der Waals surface area contributed by atoms with Crippen LogP contribution in [0.3, 0.4) is 0 Å². The van der Waals surface area contributed by atoms with Gasteiger partial charge in [0.2, 0.25) is 5.91 Å². The molecule has 4 rings (SSSR count). The molecule has 1 amide bonds. The number of benzene rings is 2. The van der Waals surface area contributed by atoms with E-state index < -0.39 is 0 Å². The van der Waals surface area contributed by atoms with Gasteiger partial charge in [0.1, 0.15) is 5.82 Å². The molecule has 1 aliphatic carbocycles. The predicted molar refractivity (Wildman–Crippen MR) is 105 cm³/mol. The van der Waals surface area contributed by atoms with Crippen molar-refractivity contribution >= 4 is 16.9 Å². The van der Waals surface area contributed by atoms with E-state index in [4.69, 9.17) is 0 Å². The number of carbonyl (C=O) groups is 1. The number of para-hydroxylation sites is 2. The normalized spacial score (nSPS) is 20.2. The van der Waals surface area contributed by atoms with Crippen LogP contribution in [-0.4, -0.2) is 26.7 Å². The third-order valence-electron chi connectivity index (χ3n) is 5.50. The van der Waals surface area contributed by atoms with E-state index in [1.54, 1.807) is 0 Å². The van der Waals surface area contributed by atoms with E-state index in [0.717, 1.165) is 35.3 Å². The second-order valence-electron chi connectivity index (χ2n) is 7.39. The van der Waals surface area contributed by atoms with Gasteiger partial charge in [0.15, 0.2) is 0 Å². The molecule has 2 aromatic carbocycles. The van der Waals surface area contributed by atoms with Crippen LogP contribution >= 0.6 is 0 Å². The Balaban J connectivity index is 1.44. The molecule has 1 aromatic heterocycles. The quantitative estimate of drug-likeness (QED) is 0.706. The van der Waals surface area contributed by atoms with E-state index in [1.165, 1.54) is 0 Å². The van der Waals surface area contributed by atoms with Crippen molar-refractivity contribution < 1.29 is 9.90 Å². The van der Waals surface area contributed by atoms with Crippen LogP contribution in [0.1, 0.15) is 36.7 Å². The molecule has 1 aliphatic rings. The Morgan fingerprint density at radius 1 is 1.19 bits per heavy atom. The molecule has 0 spiro atoms. The molecule has 1 saturated carbocycles. The summed E-state index contributed by atoms with van der Waals surface area (Å²) in [5.41, 5.74) is 3.12. The molecule has 0 aliphatic heterocycles. The van der Waals surface area contributed by atoms with Crippen molar-refractivity contribution in [1.29, 1.82) is 0 Å². The molecule has 5 nitrogen and oxygen atoms in total. The Labute approximate surface area is 159 Å². The average molecular weight is 363 g/mol. The zero-order valence-electron chi connectivity index (χ0n) is 15.5. The van der Waals surface area contributed by atoms with Crippen molar-refractivity contribution in [3.05, 3.63) is 66.0 Å². The van der Waals surface area contributed by atoms with Crippen LogP contribution in [0.4, 0.5) is 0 Å². The number of hydrogen-bond donors (Lipinski definition) is 2. The second kappa shape index (κ2) is 7.53. The van der Waals surface area contributed by atoms with Crippen molar-refractivity contribution in [2.75, 3.05) is 0 Å². The number of rotatable bonds is 6. The molecule has 0 unspecified atom stereocenters. The first kappa shape index (κ1) is 17.7. The number of amides is 1. The van der Waals surface area contributed by atoms with Crippen LogP contribution in [0.5, 0.6) is 0 Å². The van der Waals surface area contributed by atoms with Crippen LogP contribution in [0.2, 0.25) is 0 Å². The van der Waals surface area contributed by atoms with Gasteiger partial charge in [0, 0.05) is 13.0 Å². The van der Waals surface area contributed by atoms with E-state index in [0.29, 0.717) is 18.9 Å². The summed E-state index contributed by atoms with van der Waals surface area (Å²) in [4.78, 5) is 17.3. The summed E-state index contributed by atoms with van der Waals surface area (Å²) in [6.07, 6.45) is 1.65. The highest BCUT2D eigenvalue weighted by Gasteiger charge is 2.35. The molecule has 2 N–H and O–H groups in total. The minimum absolute atomic E-state index is 0.0300. The molecule has 27 heavy (non-hydrogen) atoms. The van der Waals surface area contributed by atoms with Gasteiger partial charge in [0.05, 0.1) is 23.2 Å². The number of carbonyl (C=O) groups excluding carboxylic acids is 1. The summed E-state index contributed by atoms with van der Waals surface area (Å²) in [5, 5.41) is 12.9. The lowest BCUT2D eigenvalue weighted by molar-refractivity contribution is -0.123. The number of aromatic nitrogens is 2. The molecular weight excluding hydrogens is 338 g/mol. The average Bonchev–Trinajstić information content (AvgIpc) is 2.98. The van der Waals surface area contributed by atoms with Gasteiger partial charge >= 0.3 is 0 Å². The summed E-state index contributed by atoms with van der Waals surface area (Å²) in [6, 6.07) is 18.0. The monoisotopic (exact) mass is 363 g/mol. The van der Waals surface area contributed by atoms with E-state index in [2.05, 4.69) is 14.9 Å². The zero-order chi connectivity index (χ0) is 18.8. The summed E-state index contributed by atoms with van der Waals surface area (Å²) in [5.74, 6) is 1.25. The molecule has 0 bridgehead atoms. The van der Waals surface area contributed by atoms with Gasteiger partial charge in [-0.25, -0.2) is 4.98 Å². The fraction of sp³-hybridized carbons (Fsp3) is 0.364. The minimum atomic E-state index is -0.238. The van der Waals surface area contributed by atoms with Gasteiger partial charge in [-0.1, -0.05) is 42.5 Å². The van der Waals surface area contributed by atoms with E-state index >= 15 is 0 Å². The van der Waals surface area contributed by atoms with Crippen molar-refractivity contribution in [3.8, 4) is 0 Å². The van der Waals surface area contributed by atoms with Crippen LogP contribution in [0.25, 0.3) is 11.0 Å². The first-order valence-corrected chi connectivity index (χ1v) is 9.56. The number of nitrogens with one attached hydrogen (secondary N) is 1. The largest absolute Gasteiger partial charge is 0.393 e. The molecule has 5 heteroatoms. The minimum Gasteiger partial charge on any atom is -0.393 e.